The third-order valence-electron chi connectivity index (χ3n) is 6.22. The number of aromatic nitrogens is 5. The Labute approximate surface area is 251 Å². The summed E-state index contributed by atoms with van der Waals surface area (Å²) in [5, 5.41) is 17.8. The zero-order valence-corrected chi connectivity index (χ0v) is 24.6. The van der Waals surface area contributed by atoms with Crippen LogP contribution in [-0.4, -0.2) is 60.5 Å². The number of nitro groups is 1. The topological polar surface area (TPSA) is 141 Å². The van der Waals surface area contributed by atoms with Crippen LogP contribution >= 0.6 is 15.9 Å². The number of rotatable bonds is 9. The lowest BCUT2D eigenvalue weighted by Gasteiger charge is -2.28. The first-order valence-electron chi connectivity index (χ1n) is 12.4. The van der Waals surface area contributed by atoms with Gasteiger partial charge < -0.3 is 25.2 Å². The van der Waals surface area contributed by atoms with Gasteiger partial charge in [0.15, 0.2) is 5.69 Å². The van der Waals surface area contributed by atoms with Gasteiger partial charge in [0, 0.05) is 34.2 Å². The molecule has 0 aliphatic heterocycles. The first-order chi connectivity index (χ1) is 20.2. The first-order valence-corrected chi connectivity index (χ1v) is 13.2. The smallest absolute Gasteiger partial charge is 0.358 e. The SMILES string of the molecule is C#Cc1cc(Nc2ncnc3cnc(NC(=O)/C=C/C[N+](C)(C)Cc4c([N+](=O)[O-])nc(C(F)(F)F)n4C)cc23)ccc1Br. The van der Waals surface area contributed by atoms with Gasteiger partial charge in [-0.2, -0.15) is 13.2 Å². The molecule has 2 N–H and O–H groups in total. The average molecular weight is 659 g/mol. The fourth-order valence-electron chi connectivity index (χ4n) is 4.15. The predicted octanol–water partition coefficient (Wildman–Crippen LogP) is 4.94. The molecule has 4 rings (SSSR count). The third kappa shape index (κ3) is 7.31. The molecule has 0 radical (unpaired) electrons. The van der Waals surface area contributed by atoms with Crippen LogP contribution in [0.4, 0.5) is 36.3 Å². The van der Waals surface area contributed by atoms with Gasteiger partial charge in [-0.05, 0) is 56.2 Å². The van der Waals surface area contributed by atoms with E-state index in [4.69, 9.17) is 6.42 Å². The third-order valence-corrected chi connectivity index (χ3v) is 6.91. The van der Waals surface area contributed by atoms with Crippen molar-refractivity contribution < 1.29 is 27.4 Å². The highest BCUT2D eigenvalue weighted by Gasteiger charge is 2.45. The number of pyridine rings is 1. The number of benzene rings is 1. The van der Waals surface area contributed by atoms with Crippen molar-refractivity contribution in [2.45, 2.75) is 12.7 Å². The molecule has 0 unspecified atom stereocenters. The van der Waals surface area contributed by atoms with E-state index in [-0.39, 0.29) is 29.1 Å². The number of anilines is 3. The molecule has 3 heterocycles. The second-order valence-electron chi connectivity index (χ2n) is 9.96. The Morgan fingerprint density at radius 2 is 2.00 bits per heavy atom. The first kappa shape index (κ1) is 31.1. The molecule has 222 valence electrons. The van der Waals surface area contributed by atoms with E-state index in [0.717, 1.165) is 11.5 Å². The molecule has 0 bridgehead atoms. The van der Waals surface area contributed by atoms with Crippen molar-refractivity contribution in [1.82, 2.24) is 24.5 Å². The van der Waals surface area contributed by atoms with Crippen molar-refractivity contribution >= 4 is 55.9 Å². The summed E-state index contributed by atoms with van der Waals surface area (Å²) in [5.74, 6) is 0.531. The highest BCUT2D eigenvalue weighted by molar-refractivity contribution is 9.10. The Balaban J connectivity index is 1.46. The second kappa shape index (κ2) is 12.2. The summed E-state index contributed by atoms with van der Waals surface area (Å²) >= 11 is 3.39. The lowest BCUT2D eigenvalue weighted by atomic mass is 10.2. The van der Waals surface area contributed by atoms with Crippen LogP contribution in [-0.2, 0) is 24.6 Å². The number of halogens is 4. The number of carbonyl (C=O) groups excluding carboxylic acids is 1. The normalized spacial score (nSPS) is 12.0. The number of carbonyl (C=O) groups is 1. The zero-order valence-electron chi connectivity index (χ0n) is 23.0. The second-order valence-corrected chi connectivity index (χ2v) is 10.8. The van der Waals surface area contributed by atoms with Crippen molar-refractivity contribution in [3.8, 4) is 12.3 Å². The van der Waals surface area contributed by atoms with Crippen LogP contribution in [0.25, 0.3) is 10.9 Å². The summed E-state index contributed by atoms with van der Waals surface area (Å²) in [4.78, 5) is 39.0. The molecule has 16 heteroatoms. The van der Waals surface area contributed by atoms with Crippen LogP contribution in [0.3, 0.4) is 0 Å². The van der Waals surface area contributed by atoms with Gasteiger partial charge in [0.2, 0.25) is 5.91 Å². The van der Waals surface area contributed by atoms with E-state index in [1.54, 1.807) is 32.3 Å². The Bertz CT molecular complexity index is 1800. The van der Waals surface area contributed by atoms with Gasteiger partial charge in [0.1, 0.15) is 24.5 Å². The van der Waals surface area contributed by atoms with E-state index < -0.39 is 28.6 Å². The highest BCUT2D eigenvalue weighted by atomic mass is 79.9. The lowest BCUT2D eigenvalue weighted by Crippen LogP contribution is -2.39. The number of fused-ring (bicyclic) bond motifs is 1. The molecule has 0 aliphatic rings. The zero-order chi connectivity index (χ0) is 31.5. The van der Waals surface area contributed by atoms with Crippen molar-refractivity contribution in [1.29, 1.82) is 0 Å². The summed E-state index contributed by atoms with van der Waals surface area (Å²) in [6.45, 7) is 0.0159. The van der Waals surface area contributed by atoms with Crippen LogP contribution in [0, 0.1) is 22.5 Å². The molecular formula is C27H24BrF3N9O3+. The summed E-state index contributed by atoms with van der Waals surface area (Å²) in [5.41, 5.74) is 1.67. The van der Waals surface area contributed by atoms with Crippen LogP contribution < -0.4 is 10.6 Å². The van der Waals surface area contributed by atoms with E-state index in [2.05, 4.69) is 52.4 Å². The van der Waals surface area contributed by atoms with Crippen LogP contribution in [0.5, 0.6) is 0 Å². The summed E-state index contributed by atoms with van der Waals surface area (Å²) in [6, 6.07) is 6.99. The number of nitrogens with zero attached hydrogens (tertiary/aromatic N) is 7. The number of hydrogen-bond donors (Lipinski definition) is 2. The van der Waals surface area contributed by atoms with Gasteiger partial charge in [-0.1, -0.05) is 5.92 Å². The monoisotopic (exact) mass is 658 g/mol. The molecule has 0 atom stereocenters. The Kier molecular flexibility index (Phi) is 8.78. The average Bonchev–Trinajstić information content (AvgIpc) is 3.25. The molecule has 0 saturated heterocycles. The lowest BCUT2D eigenvalue weighted by molar-refractivity contribution is -0.898. The maximum absolute atomic E-state index is 13.3. The van der Waals surface area contributed by atoms with Crippen molar-refractivity contribution in [3.05, 3.63) is 80.6 Å². The van der Waals surface area contributed by atoms with Crippen LogP contribution in [0.1, 0.15) is 17.1 Å². The van der Waals surface area contributed by atoms with Gasteiger partial charge in [-0.3, -0.25) is 9.36 Å². The number of nitrogens with one attached hydrogen (secondary N) is 2. The van der Waals surface area contributed by atoms with Gasteiger partial charge in [-0.25, -0.2) is 15.0 Å². The van der Waals surface area contributed by atoms with E-state index in [1.807, 2.05) is 6.07 Å². The van der Waals surface area contributed by atoms with Gasteiger partial charge in [-0.15, -0.1) is 6.42 Å². The molecule has 0 fully saturated rings. The molecule has 1 aromatic carbocycles. The molecule has 0 saturated carbocycles. The van der Waals surface area contributed by atoms with Crippen molar-refractivity contribution in [3.63, 3.8) is 0 Å². The predicted molar refractivity (Wildman–Crippen MR) is 156 cm³/mol. The number of quaternary nitrogens is 1. The number of imidazole rings is 1. The van der Waals surface area contributed by atoms with E-state index in [0.29, 0.717) is 32.5 Å². The number of alkyl halides is 3. The summed E-state index contributed by atoms with van der Waals surface area (Å²) in [7, 11) is 4.39. The molecule has 3 aromatic heterocycles. The fraction of sp³-hybridized carbons (Fsp3) is 0.222. The van der Waals surface area contributed by atoms with Crippen LogP contribution in [0.2, 0.25) is 0 Å². The number of hydrogen-bond acceptors (Lipinski definition) is 8. The minimum absolute atomic E-state index is 0.000505. The maximum atomic E-state index is 13.3. The van der Waals surface area contributed by atoms with E-state index in [9.17, 15) is 28.1 Å². The fourth-order valence-corrected chi connectivity index (χ4v) is 4.52. The molecule has 0 spiro atoms. The van der Waals surface area contributed by atoms with Gasteiger partial charge >= 0.3 is 17.8 Å². The molecule has 12 nitrogen and oxygen atoms in total. The van der Waals surface area contributed by atoms with E-state index in [1.165, 1.54) is 24.7 Å². The van der Waals surface area contributed by atoms with Crippen molar-refractivity contribution in [2.75, 3.05) is 31.3 Å². The number of terminal acetylenes is 1. The quantitative estimate of drug-likeness (QED) is 0.0847. The molecule has 43 heavy (non-hydrogen) atoms. The van der Waals surface area contributed by atoms with Gasteiger partial charge in [0.05, 0.1) is 32.4 Å². The Morgan fingerprint density at radius 3 is 2.67 bits per heavy atom. The van der Waals surface area contributed by atoms with Crippen LogP contribution in [0.15, 0.2) is 53.4 Å². The molecule has 0 aliphatic carbocycles. The summed E-state index contributed by atoms with van der Waals surface area (Å²) in [6.07, 6.45) is 6.30. The molecular weight excluding hydrogens is 635 g/mol. The maximum Gasteiger partial charge on any atom is 0.475 e. The molecule has 4 aromatic rings. The summed E-state index contributed by atoms with van der Waals surface area (Å²) < 4.78 is 41.2. The highest BCUT2D eigenvalue weighted by Crippen LogP contribution is 2.33. The standard InChI is InChI=1S/C27H23BrF3N9O3/c1-5-16-11-17(8-9-19(16)28)35-24-18-12-22(32-13-20(18)33-15-34-24)36-23(41)7-6-10-40(3,4)14-21-25(39(42)43)37-26(38(21)2)27(29,30)31/h1,6-9,11-13,15H,10,14H2,2-4H3,(H-,32,33,34,35,36,41)/p+1/b7-6+. The van der Waals surface area contributed by atoms with E-state index >= 15 is 0 Å². The largest absolute Gasteiger partial charge is 0.475 e. The minimum atomic E-state index is -4.85. The number of amides is 1. The van der Waals surface area contributed by atoms with Gasteiger partial charge in [0.25, 0.3) is 0 Å². The Morgan fingerprint density at radius 1 is 1.26 bits per heavy atom. The van der Waals surface area contributed by atoms with Crippen molar-refractivity contribution in [2.24, 2.45) is 7.05 Å². The Hall–Kier alpha value is -4.88. The minimum Gasteiger partial charge on any atom is -0.358 e. The molecule has 1 amide bonds. The number of likely N-dealkylation sites (N-methyl/N-ethyl adjacent to an activating group) is 1.